The summed E-state index contributed by atoms with van der Waals surface area (Å²) in [6, 6.07) is 7.54. The zero-order chi connectivity index (χ0) is 14.7. The van der Waals surface area contributed by atoms with Gasteiger partial charge in [0.1, 0.15) is 11.5 Å². The van der Waals surface area contributed by atoms with Gasteiger partial charge in [0.05, 0.1) is 28.9 Å². The lowest BCUT2D eigenvalue weighted by Crippen LogP contribution is -2.06. The third-order valence-corrected chi connectivity index (χ3v) is 4.40. The Bertz CT molecular complexity index is 579. The molecular weight excluding hydrogens is 317 g/mol. The van der Waals surface area contributed by atoms with Crippen LogP contribution in [0.25, 0.3) is 0 Å². The van der Waals surface area contributed by atoms with E-state index in [-0.39, 0.29) is 6.04 Å². The predicted octanol–water partition coefficient (Wildman–Crippen LogP) is 5.25. The average molecular weight is 332 g/mol. The van der Waals surface area contributed by atoms with Crippen molar-refractivity contribution in [3.63, 3.8) is 0 Å². The zero-order valence-electron chi connectivity index (χ0n) is 11.4. The average Bonchev–Trinajstić information content (AvgIpc) is 2.77. The Balaban J connectivity index is 2.22. The summed E-state index contributed by atoms with van der Waals surface area (Å²) >= 11 is 13.5. The number of hydrogen-bond donors (Lipinski definition) is 1. The van der Waals surface area contributed by atoms with Gasteiger partial charge in [-0.25, -0.2) is 0 Å². The molecule has 108 valence electrons. The van der Waals surface area contributed by atoms with Crippen LogP contribution in [0.15, 0.2) is 24.3 Å². The predicted molar refractivity (Wildman–Crippen MR) is 85.9 cm³/mol. The van der Waals surface area contributed by atoms with Crippen molar-refractivity contribution in [3.8, 4) is 11.5 Å². The van der Waals surface area contributed by atoms with Crippen molar-refractivity contribution < 1.29 is 9.47 Å². The van der Waals surface area contributed by atoms with Gasteiger partial charge in [0, 0.05) is 29.4 Å². The number of thiophene rings is 1. The summed E-state index contributed by atoms with van der Waals surface area (Å²) in [5, 5.41) is 3.37. The van der Waals surface area contributed by atoms with E-state index < -0.39 is 0 Å². The van der Waals surface area contributed by atoms with E-state index in [0.717, 1.165) is 22.7 Å². The van der Waals surface area contributed by atoms with Crippen LogP contribution < -0.4 is 14.8 Å². The Hall–Kier alpha value is -1.10. The maximum absolute atomic E-state index is 6.17. The third-order valence-electron chi connectivity index (χ3n) is 2.88. The Kier molecular flexibility index (Phi) is 5.02. The molecule has 0 fully saturated rings. The lowest BCUT2D eigenvalue weighted by atomic mass is 10.1. The van der Waals surface area contributed by atoms with E-state index in [9.17, 15) is 0 Å². The van der Waals surface area contributed by atoms with Gasteiger partial charge in [-0.3, -0.25) is 0 Å². The first-order chi connectivity index (χ1) is 9.53. The Morgan fingerprint density at radius 1 is 1.05 bits per heavy atom. The summed E-state index contributed by atoms with van der Waals surface area (Å²) in [6.45, 7) is 2.02. The fourth-order valence-corrected chi connectivity index (χ4v) is 3.51. The first-order valence-corrected chi connectivity index (χ1v) is 7.55. The van der Waals surface area contributed by atoms with Crippen molar-refractivity contribution in [2.24, 2.45) is 0 Å². The van der Waals surface area contributed by atoms with Crippen LogP contribution in [0.3, 0.4) is 0 Å². The van der Waals surface area contributed by atoms with Gasteiger partial charge in [0.2, 0.25) is 0 Å². The summed E-state index contributed by atoms with van der Waals surface area (Å²) in [6.07, 6.45) is 0. The van der Waals surface area contributed by atoms with Gasteiger partial charge in [-0.2, -0.15) is 0 Å². The summed E-state index contributed by atoms with van der Waals surface area (Å²) < 4.78 is 11.9. The molecule has 1 N–H and O–H groups in total. The second-order valence-electron chi connectivity index (χ2n) is 4.25. The molecular formula is C14H15Cl2NO2S. The molecule has 0 saturated carbocycles. The molecule has 2 aromatic rings. The molecule has 0 saturated heterocycles. The highest BCUT2D eigenvalue weighted by molar-refractivity contribution is 7.20. The molecule has 0 spiro atoms. The first-order valence-electron chi connectivity index (χ1n) is 5.98. The van der Waals surface area contributed by atoms with Crippen LogP contribution in [0, 0.1) is 0 Å². The number of hydrogen-bond acceptors (Lipinski definition) is 4. The molecule has 6 heteroatoms. The summed E-state index contributed by atoms with van der Waals surface area (Å²) in [7, 11) is 3.25. The maximum atomic E-state index is 6.17. The molecule has 3 nitrogen and oxygen atoms in total. The molecule has 2 rings (SSSR count). The van der Waals surface area contributed by atoms with E-state index in [4.69, 9.17) is 32.7 Å². The lowest BCUT2D eigenvalue weighted by Gasteiger charge is -2.16. The minimum Gasteiger partial charge on any atom is -0.497 e. The standard InChI is InChI=1S/C14H15Cl2NO2S/c1-8(12-7-13(15)20-14(12)16)17-9-4-10(18-2)6-11(5-9)19-3/h4-8,17H,1-3H3. The number of halogens is 2. The Morgan fingerprint density at radius 2 is 1.65 bits per heavy atom. The van der Waals surface area contributed by atoms with Gasteiger partial charge in [0.15, 0.2) is 0 Å². The van der Waals surface area contributed by atoms with Gasteiger partial charge in [-0.05, 0) is 13.0 Å². The van der Waals surface area contributed by atoms with Crippen LogP contribution in [0.1, 0.15) is 18.5 Å². The van der Waals surface area contributed by atoms with E-state index in [1.807, 2.05) is 31.2 Å². The fourth-order valence-electron chi connectivity index (χ4n) is 1.87. The van der Waals surface area contributed by atoms with Crippen LogP contribution in [0.5, 0.6) is 11.5 Å². The number of methoxy groups -OCH3 is 2. The smallest absolute Gasteiger partial charge is 0.124 e. The second-order valence-corrected chi connectivity index (χ2v) is 6.53. The fraction of sp³-hybridized carbons (Fsp3) is 0.286. The van der Waals surface area contributed by atoms with Crippen LogP contribution in [-0.4, -0.2) is 14.2 Å². The summed E-state index contributed by atoms with van der Waals surface area (Å²) in [5.41, 5.74) is 1.87. The molecule has 0 aliphatic carbocycles. The molecule has 1 aromatic heterocycles. The number of ether oxygens (including phenoxy) is 2. The molecule has 0 bridgehead atoms. The third kappa shape index (κ3) is 3.51. The number of nitrogens with one attached hydrogen (secondary N) is 1. The molecule has 0 amide bonds. The molecule has 20 heavy (non-hydrogen) atoms. The highest BCUT2D eigenvalue weighted by Gasteiger charge is 2.14. The summed E-state index contributed by atoms with van der Waals surface area (Å²) in [5.74, 6) is 1.46. The van der Waals surface area contributed by atoms with E-state index >= 15 is 0 Å². The van der Waals surface area contributed by atoms with Crippen molar-refractivity contribution in [2.45, 2.75) is 13.0 Å². The molecule has 0 aliphatic rings. The minimum atomic E-state index is 0.0306. The first kappa shape index (κ1) is 15.3. The Morgan fingerprint density at radius 3 is 2.10 bits per heavy atom. The SMILES string of the molecule is COc1cc(NC(C)c2cc(Cl)sc2Cl)cc(OC)c1. The number of anilines is 1. The van der Waals surface area contributed by atoms with Gasteiger partial charge in [0.25, 0.3) is 0 Å². The normalized spacial score (nSPS) is 12.1. The highest BCUT2D eigenvalue weighted by atomic mass is 35.5. The van der Waals surface area contributed by atoms with E-state index in [2.05, 4.69) is 5.32 Å². The van der Waals surface area contributed by atoms with Crippen molar-refractivity contribution in [1.82, 2.24) is 0 Å². The van der Waals surface area contributed by atoms with Crippen molar-refractivity contribution in [1.29, 1.82) is 0 Å². The highest BCUT2D eigenvalue weighted by Crippen LogP contribution is 2.37. The topological polar surface area (TPSA) is 30.5 Å². The van der Waals surface area contributed by atoms with Crippen LogP contribution >= 0.6 is 34.5 Å². The van der Waals surface area contributed by atoms with Crippen LogP contribution in [0.2, 0.25) is 8.67 Å². The van der Waals surface area contributed by atoms with Crippen molar-refractivity contribution in [3.05, 3.63) is 38.5 Å². The number of benzene rings is 1. The lowest BCUT2D eigenvalue weighted by molar-refractivity contribution is 0.394. The quantitative estimate of drug-likeness (QED) is 0.812. The minimum absolute atomic E-state index is 0.0306. The summed E-state index contributed by atoms with van der Waals surface area (Å²) in [4.78, 5) is 0. The monoisotopic (exact) mass is 331 g/mol. The Labute approximate surface area is 132 Å². The molecule has 0 radical (unpaired) electrons. The van der Waals surface area contributed by atoms with Crippen LogP contribution in [0.4, 0.5) is 5.69 Å². The van der Waals surface area contributed by atoms with Gasteiger partial charge >= 0.3 is 0 Å². The van der Waals surface area contributed by atoms with Crippen molar-refractivity contribution in [2.75, 3.05) is 19.5 Å². The van der Waals surface area contributed by atoms with E-state index in [0.29, 0.717) is 8.67 Å². The van der Waals surface area contributed by atoms with E-state index in [1.54, 1.807) is 14.2 Å². The van der Waals surface area contributed by atoms with Gasteiger partial charge < -0.3 is 14.8 Å². The molecule has 0 aliphatic heterocycles. The van der Waals surface area contributed by atoms with Crippen molar-refractivity contribution >= 4 is 40.2 Å². The maximum Gasteiger partial charge on any atom is 0.124 e. The van der Waals surface area contributed by atoms with Gasteiger partial charge in [-0.1, -0.05) is 23.2 Å². The largest absolute Gasteiger partial charge is 0.497 e. The zero-order valence-corrected chi connectivity index (χ0v) is 13.7. The molecule has 1 atom stereocenters. The van der Waals surface area contributed by atoms with Crippen LogP contribution in [-0.2, 0) is 0 Å². The van der Waals surface area contributed by atoms with E-state index in [1.165, 1.54) is 11.3 Å². The number of rotatable bonds is 5. The molecule has 1 aromatic carbocycles. The second kappa shape index (κ2) is 6.57. The van der Waals surface area contributed by atoms with Gasteiger partial charge in [-0.15, -0.1) is 11.3 Å². The molecule has 1 unspecified atom stereocenters. The molecule has 1 heterocycles.